The zero-order valence-corrected chi connectivity index (χ0v) is 18.6. The second kappa shape index (κ2) is 8.30. The number of sulfonamides is 1. The number of rotatable bonds is 6. The Kier molecular flexibility index (Phi) is 5.47. The van der Waals surface area contributed by atoms with Gasteiger partial charge in [0.05, 0.1) is 21.2 Å². The summed E-state index contributed by atoms with van der Waals surface area (Å²) in [5.74, 6) is -0.210. The van der Waals surface area contributed by atoms with Crippen molar-refractivity contribution in [1.29, 1.82) is 5.26 Å². The number of nitrogens with one attached hydrogen (secondary N) is 1. The number of nitro benzene ring substituents is 1. The third-order valence-corrected chi connectivity index (χ3v) is 6.50. The molecule has 0 fully saturated rings. The molecule has 0 atom stereocenters. The van der Waals surface area contributed by atoms with Crippen molar-refractivity contribution in [3.63, 3.8) is 0 Å². The molecule has 34 heavy (non-hydrogen) atoms. The largest absolute Gasteiger partial charge is 0.296 e. The lowest BCUT2D eigenvalue weighted by Gasteiger charge is -2.09. The van der Waals surface area contributed by atoms with Crippen molar-refractivity contribution in [2.45, 2.75) is 11.8 Å². The summed E-state index contributed by atoms with van der Waals surface area (Å²) >= 11 is 0. The standard InChI is InChI=1S/C20H16N8O5S/c1-13-19(20(29)27(25(13)2)14-6-4-3-5-7-14)24-34(32,33)15-8-9-16(17(10-15)28(30)31)26-12-22-23-18(26)11-21/h3-10,12,24H,1-2H3. The Morgan fingerprint density at radius 3 is 2.53 bits per heavy atom. The van der Waals surface area contributed by atoms with E-state index in [0.717, 1.165) is 29.1 Å². The molecule has 13 nitrogen and oxygen atoms in total. The quantitative estimate of drug-likeness (QED) is 0.320. The van der Waals surface area contributed by atoms with E-state index in [1.54, 1.807) is 50.4 Å². The lowest BCUT2D eigenvalue weighted by atomic mass is 10.2. The van der Waals surface area contributed by atoms with Crippen LogP contribution in [0.1, 0.15) is 11.5 Å². The molecule has 1 N–H and O–H groups in total. The Labute approximate surface area is 192 Å². The van der Waals surface area contributed by atoms with E-state index in [1.165, 1.54) is 9.36 Å². The summed E-state index contributed by atoms with van der Waals surface area (Å²) in [4.78, 5) is 23.5. The molecule has 2 aromatic heterocycles. The van der Waals surface area contributed by atoms with Gasteiger partial charge in [-0.05, 0) is 31.2 Å². The van der Waals surface area contributed by atoms with Crippen LogP contribution in [0.4, 0.5) is 11.4 Å². The molecule has 14 heteroatoms. The van der Waals surface area contributed by atoms with Crippen LogP contribution in [0.2, 0.25) is 0 Å². The van der Waals surface area contributed by atoms with Crippen LogP contribution in [0, 0.1) is 28.4 Å². The van der Waals surface area contributed by atoms with Gasteiger partial charge in [-0.1, -0.05) is 18.2 Å². The molecule has 0 unspecified atom stereocenters. The van der Waals surface area contributed by atoms with E-state index in [1.807, 2.05) is 0 Å². The monoisotopic (exact) mass is 480 g/mol. The van der Waals surface area contributed by atoms with Crippen LogP contribution >= 0.6 is 0 Å². The number of aromatic nitrogens is 5. The predicted molar refractivity (Wildman–Crippen MR) is 119 cm³/mol. The maximum atomic E-state index is 13.1. The highest BCUT2D eigenvalue weighted by molar-refractivity contribution is 7.92. The Bertz CT molecular complexity index is 1630. The van der Waals surface area contributed by atoms with Gasteiger partial charge in [-0.15, -0.1) is 10.2 Å². The Morgan fingerprint density at radius 1 is 1.18 bits per heavy atom. The first-order valence-electron chi connectivity index (χ1n) is 9.61. The van der Waals surface area contributed by atoms with Crippen molar-refractivity contribution < 1.29 is 13.3 Å². The number of para-hydroxylation sites is 1. The number of hydrogen-bond donors (Lipinski definition) is 1. The molecular formula is C20H16N8O5S. The number of benzene rings is 2. The van der Waals surface area contributed by atoms with Crippen molar-refractivity contribution in [3.05, 3.63) is 86.8 Å². The molecule has 172 valence electrons. The number of hydrogen-bond acceptors (Lipinski definition) is 8. The average Bonchev–Trinajstić information content (AvgIpc) is 3.38. The van der Waals surface area contributed by atoms with Gasteiger partial charge in [-0.25, -0.2) is 13.1 Å². The molecule has 0 amide bonds. The molecule has 4 aromatic rings. The SMILES string of the molecule is Cc1c(NS(=O)(=O)c2ccc(-n3cnnc3C#N)c([N+](=O)[O-])c2)c(=O)n(-c2ccccc2)n1C. The molecule has 2 heterocycles. The minimum Gasteiger partial charge on any atom is -0.283 e. The molecule has 0 spiro atoms. The van der Waals surface area contributed by atoms with Crippen molar-refractivity contribution in [1.82, 2.24) is 24.1 Å². The fraction of sp³-hybridized carbons (Fsp3) is 0.100. The third kappa shape index (κ3) is 3.69. The van der Waals surface area contributed by atoms with Gasteiger partial charge >= 0.3 is 0 Å². The Morgan fingerprint density at radius 2 is 1.88 bits per heavy atom. The Balaban J connectivity index is 1.79. The van der Waals surface area contributed by atoms with Crippen LogP contribution in [0.3, 0.4) is 0 Å². The van der Waals surface area contributed by atoms with E-state index in [4.69, 9.17) is 5.26 Å². The van der Waals surface area contributed by atoms with Crippen LogP contribution in [-0.4, -0.2) is 37.5 Å². The highest BCUT2D eigenvalue weighted by Crippen LogP contribution is 2.28. The number of anilines is 1. The predicted octanol–water partition coefficient (Wildman–Crippen LogP) is 1.65. The lowest BCUT2D eigenvalue weighted by molar-refractivity contribution is -0.384. The van der Waals surface area contributed by atoms with Crippen molar-refractivity contribution in [2.75, 3.05) is 4.72 Å². The molecule has 0 bridgehead atoms. The maximum absolute atomic E-state index is 13.1. The first-order chi connectivity index (χ1) is 16.2. The highest BCUT2D eigenvalue weighted by atomic mass is 32.2. The smallest absolute Gasteiger partial charge is 0.283 e. The highest BCUT2D eigenvalue weighted by Gasteiger charge is 2.26. The molecule has 4 rings (SSSR count). The van der Waals surface area contributed by atoms with E-state index >= 15 is 0 Å². The van der Waals surface area contributed by atoms with Crippen molar-refractivity contribution >= 4 is 21.4 Å². The molecule has 0 aliphatic heterocycles. The fourth-order valence-corrected chi connectivity index (χ4v) is 4.52. The maximum Gasteiger partial charge on any atom is 0.296 e. The van der Waals surface area contributed by atoms with E-state index < -0.39 is 31.1 Å². The summed E-state index contributed by atoms with van der Waals surface area (Å²) in [5, 5.41) is 27.9. The molecule has 0 saturated carbocycles. The van der Waals surface area contributed by atoms with Gasteiger partial charge in [-0.2, -0.15) is 5.26 Å². The summed E-state index contributed by atoms with van der Waals surface area (Å²) in [6.07, 6.45) is 1.10. The summed E-state index contributed by atoms with van der Waals surface area (Å²) in [5.41, 5.74) is -0.608. The van der Waals surface area contributed by atoms with Gasteiger partial charge in [0.2, 0.25) is 5.82 Å². The Hall–Kier alpha value is -4.77. The summed E-state index contributed by atoms with van der Waals surface area (Å²) < 4.78 is 32.3. The van der Waals surface area contributed by atoms with Crippen LogP contribution in [-0.2, 0) is 17.1 Å². The zero-order chi connectivity index (χ0) is 24.6. The topological polar surface area (TPSA) is 171 Å². The van der Waals surface area contributed by atoms with Crippen LogP contribution in [0.25, 0.3) is 11.4 Å². The molecule has 0 aliphatic rings. The minimum absolute atomic E-state index is 0.0900. The lowest BCUT2D eigenvalue weighted by Crippen LogP contribution is -2.23. The van der Waals surface area contributed by atoms with Crippen LogP contribution in [0.15, 0.2) is 64.5 Å². The van der Waals surface area contributed by atoms with Gasteiger partial charge in [0, 0.05) is 13.1 Å². The molecular weight excluding hydrogens is 464 g/mol. The fourth-order valence-electron chi connectivity index (χ4n) is 3.39. The first-order valence-corrected chi connectivity index (χ1v) is 11.1. The van der Waals surface area contributed by atoms with Gasteiger partial charge in [-0.3, -0.25) is 28.9 Å². The summed E-state index contributed by atoms with van der Waals surface area (Å²) in [6, 6.07) is 13.5. The minimum atomic E-state index is -4.39. The second-order valence-corrected chi connectivity index (χ2v) is 8.77. The molecule has 0 aliphatic carbocycles. The van der Waals surface area contributed by atoms with Crippen LogP contribution in [0.5, 0.6) is 0 Å². The normalized spacial score (nSPS) is 11.2. The van der Waals surface area contributed by atoms with Gasteiger partial charge in [0.15, 0.2) is 0 Å². The van der Waals surface area contributed by atoms with E-state index in [-0.39, 0.29) is 17.2 Å². The van der Waals surface area contributed by atoms with E-state index in [0.29, 0.717) is 11.4 Å². The van der Waals surface area contributed by atoms with E-state index in [9.17, 15) is 23.3 Å². The molecule has 0 saturated heterocycles. The molecule has 2 aromatic carbocycles. The van der Waals surface area contributed by atoms with Crippen molar-refractivity contribution in [2.24, 2.45) is 7.05 Å². The number of nitro groups is 1. The van der Waals surface area contributed by atoms with Gasteiger partial charge < -0.3 is 0 Å². The molecule has 0 radical (unpaired) electrons. The summed E-state index contributed by atoms with van der Waals surface area (Å²) in [7, 11) is -2.78. The second-order valence-electron chi connectivity index (χ2n) is 7.09. The van der Waals surface area contributed by atoms with Crippen LogP contribution < -0.4 is 10.3 Å². The average molecular weight is 480 g/mol. The zero-order valence-electron chi connectivity index (χ0n) is 17.8. The summed E-state index contributed by atoms with van der Waals surface area (Å²) in [6.45, 7) is 1.57. The van der Waals surface area contributed by atoms with Crippen molar-refractivity contribution in [3.8, 4) is 17.4 Å². The van der Waals surface area contributed by atoms with E-state index in [2.05, 4.69) is 14.9 Å². The number of nitriles is 1. The number of nitrogens with zero attached hydrogens (tertiary/aromatic N) is 7. The van der Waals surface area contributed by atoms with Gasteiger partial charge in [0.1, 0.15) is 23.8 Å². The third-order valence-electron chi connectivity index (χ3n) is 5.15. The van der Waals surface area contributed by atoms with Gasteiger partial charge in [0.25, 0.3) is 21.3 Å². The first kappa shape index (κ1) is 22.4.